The molecule has 0 amide bonds. The molecule has 6 heteroatoms. The maximum atomic E-state index is 5.92. The van der Waals surface area contributed by atoms with Gasteiger partial charge < -0.3 is 10.5 Å². The minimum absolute atomic E-state index is 0.0883. The van der Waals surface area contributed by atoms with Crippen molar-refractivity contribution in [3.63, 3.8) is 0 Å². The van der Waals surface area contributed by atoms with Crippen LogP contribution in [0.4, 0.5) is 0 Å². The first-order valence-electron chi connectivity index (χ1n) is 7.13. The highest BCUT2D eigenvalue weighted by Gasteiger charge is 2.10. The molecule has 0 aliphatic rings. The van der Waals surface area contributed by atoms with E-state index in [0.29, 0.717) is 6.61 Å². The first-order chi connectivity index (χ1) is 10.1. The highest BCUT2D eigenvalue weighted by molar-refractivity contribution is 9.10. The third-order valence-corrected chi connectivity index (χ3v) is 3.55. The van der Waals surface area contributed by atoms with Crippen LogP contribution in [0.15, 0.2) is 29.0 Å². The molecule has 0 fully saturated rings. The van der Waals surface area contributed by atoms with Gasteiger partial charge >= 0.3 is 0 Å². The molecule has 21 heavy (non-hydrogen) atoms. The molecule has 2 rings (SSSR count). The molecule has 2 N–H and O–H groups in total. The summed E-state index contributed by atoms with van der Waals surface area (Å²) < 4.78 is 8.83. The summed E-state index contributed by atoms with van der Waals surface area (Å²) in [5.74, 6) is 1.69. The summed E-state index contributed by atoms with van der Waals surface area (Å²) in [4.78, 5) is 4.25. The Morgan fingerprint density at radius 2 is 2.24 bits per heavy atom. The van der Waals surface area contributed by atoms with Crippen LogP contribution in [0.25, 0.3) is 0 Å². The van der Waals surface area contributed by atoms with Crippen molar-refractivity contribution in [2.45, 2.75) is 45.9 Å². The van der Waals surface area contributed by atoms with Crippen molar-refractivity contribution in [2.24, 2.45) is 5.73 Å². The van der Waals surface area contributed by atoms with Gasteiger partial charge in [0.15, 0.2) is 5.82 Å². The normalized spacial score (nSPS) is 12.4. The number of aryl methyl sites for hydroxylation is 1. The highest BCUT2D eigenvalue weighted by atomic mass is 79.9. The second kappa shape index (κ2) is 7.56. The van der Waals surface area contributed by atoms with Crippen molar-refractivity contribution in [1.82, 2.24) is 14.8 Å². The van der Waals surface area contributed by atoms with Crippen molar-refractivity contribution in [3.05, 3.63) is 40.4 Å². The van der Waals surface area contributed by atoms with Crippen LogP contribution in [0.2, 0.25) is 0 Å². The van der Waals surface area contributed by atoms with Gasteiger partial charge in [0, 0.05) is 17.1 Å². The third-order valence-electron chi connectivity index (χ3n) is 3.05. The summed E-state index contributed by atoms with van der Waals surface area (Å²) in [7, 11) is 0. The second-order valence-corrected chi connectivity index (χ2v) is 6.04. The Hall–Kier alpha value is -1.40. The van der Waals surface area contributed by atoms with Crippen LogP contribution in [0.3, 0.4) is 0 Å². The van der Waals surface area contributed by atoms with Crippen molar-refractivity contribution in [2.75, 3.05) is 0 Å². The fraction of sp³-hybridized carbons (Fsp3) is 0.467. The average molecular weight is 353 g/mol. The number of hydrogen-bond donors (Lipinski definition) is 1. The molecule has 1 aromatic carbocycles. The summed E-state index contributed by atoms with van der Waals surface area (Å²) in [5, 5.41) is 4.20. The van der Waals surface area contributed by atoms with Crippen LogP contribution in [-0.2, 0) is 19.6 Å². The van der Waals surface area contributed by atoms with E-state index in [0.717, 1.165) is 41.0 Å². The first-order valence-corrected chi connectivity index (χ1v) is 7.93. The molecule has 0 saturated carbocycles. The van der Waals surface area contributed by atoms with Gasteiger partial charge in [0.2, 0.25) is 0 Å². The smallest absolute Gasteiger partial charge is 0.164 e. The molecule has 0 aliphatic heterocycles. The Labute approximate surface area is 133 Å². The molecule has 0 aliphatic carbocycles. The number of aromatic nitrogens is 3. The van der Waals surface area contributed by atoms with Crippen LogP contribution in [0.1, 0.15) is 31.7 Å². The Bertz CT molecular complexity index is 583. The van der Waals surface area contributed by atoms with E-state index in [1.807, 2.05) is 23.7 Å². The number of nitrogens with zero attached hydrogens (tertiary/aromatic N) is 3. The highest BCUT2D eigenvalue weighted by Crippen LogP contribution is 2.25. The Morgan fingerprint density at radius 3 is 2.95 bits per heavy atom. The number of benzene rings is 1. The Kier molecular flexibility index (Phi) is 5.76. The lowest BCUT2D eigenvalue weighted by Gasteiger charge is -2.13. The monoisotopic (exact) mass is 352 g/mol. The minimum Gasteiger partial charge on any atom is -0.485 e. The van der Waals surface area contributed by atoms with Crippen LogP contribution in [-0.4, -0.2) is 20.8 Å². The fourth-order valence-electron chi connectivity index (χ4n) is 2.14. The van der Waals surface area contributed by atoms with E-state index in [1.54, 1.807) is 6.33 Å². The van der Waals surface area contributed by atoms with E-state index in [2.05, 4.69) is 39.0 Å². The topological polar surface area (TPSA) is 66.0 Å². The number of nitrogens with two attached hydrogens (primary N) is 1. The van der Waals surface area contributed by atoms with E-state index in [1.165, 1.54) is 0 Å². The Balaban J connectivity index is 2.10. The van der Waals surface area contributed by atoms with Crippen LogP contribution >= 0.6 is 15.9 Å². The minimum atomic E-state index is 0.0883. The van der Waals surface area contributed by atoms with Gasteiger partial charge in [-0.05, 0) is 43.5 Å². The van der Waals surface area contributed by atoms with Gasteiger partial charge in [0.1, 0.15) is 18.7 Å². The summed E-state index contributed by atoms with van der Waals surface area (Å²) >= 11 is 3.49. The lowest BCUT2D eigenvalue weighted by Crippen LogP contribution is -2.18. The summed E-state index contributed by atoms with van der Waals surface area (Å²) in [6, 6.07) is 6.07. The van der Waals surface area contributed by atoms with Gasteiger partial charge in [-0.1, -0.05) is 22.9 Å². The molecule has 0 saturated heterocycles. The zero-order valence-electron chi connectivity index (χ0n) is 12.4. The SMILES string of the molecule is CCCn1ncnc1COc1ccc(Br)cc1CC(C)N. The van der Waals surface area contributed by atoms with E-state index < -0.39 is 0 Å². The molecule has 5 nitrogen and oxygen atoms in total. The zero-order valence-corrected chi connectivity index (χ0v) is 14.0. The molecule has 114 valence electrons. The molecule has 1 atom stereocenters. The molecular formula is C15H21BrN4O. The van der Waals surface area contributed by atoms with E-state index in [4.69, 9.17) is 10.5 Å². The number of rotatable bonds is 7. The van der Waals surface area contributed by atoms with Gasteiger partial charge in [-0.3, -0.25) is 0 Å². The lowest BCUT2D eigenvalue weighted by molar-refractivity contribution is 0.283. The molecule has 1 unspecified atom stereocenters. The Morgan fingerprint density at radius 1 is 1.43 bits per heavy atom. The quantitative estimate of drug-likeness (QED) is 0.831. The molecule has 1 heterocycles. The predicted molar refractivity (Wildman–Crippen MR) is 86.1 cm³/mol. The maximum absolute atomic E-state index is 5.92. The second-order valence-electron chi connectivity index (χ2n) is 5.12. The summed E-state index contributed by atoms with van der Waals surface area (Å²) in [6.07, 6.45) is 3.36. The van der Waals surface area contributed by atoms with Gasteiger partial charge in [0.25, 0.3) is 0 Å². The maximum Gasteiger partial charge on any atom is 0.164 e. The zero-order chi connectivity index (χ0) is 15.2. The molecule has 0 bridgehead atoms. The van der Waals surface area contributed by atoms with Crippen LogP contribution in [0.5, 0.6) is 5.75 Å². The largest absolute Gasteiger partial charge is 0.485 e. The molecular weight excluding hydrogens is 332 g/mol. The molecule has 2 aromatic rings. The average Bonchev–Trinajstić information content (AvgIpc) is 2.85. The standard InChI is InChI=1S/C15H21BrN4O/c1-3-6-20-15(18-10-19-20)9-21-14-5-4-13(16)8-12(14)7-11(2)17/h4-5,8,10-11H,3,6-7,9,17H2,1-2H3. The van der Waals surface area contributed by atoms with E-state index in [9.17, 15) is 0 Å². The first kappa shape index (κ1) is 16.0. The number of hydrogen-bond acceptors (Lipinski definition) is 4. The third kappa shape index (κ3) is 4.54. The van der Waals surface area contributed by atoms with E-state index in [-0.39, 0.29) is 6.04 Å². The van der Waals surface area contributed by atoms with Gasteiger partial charge in [-0.15, -0.1) is 0 Å². The summed E-state index contributed by atoms with van der Waals surface area (Å²) in [6.45, 7) is 5.36. The van der Waals surface area contributed by atoms with Gasteiger partial charge in [-0.25, -0.2) is 9.67 Å². The molecule has 1 aromatic heterocycles. The lowest BCUT2D eigenvalue weighted by atomic mass is 10.1. The predicted octanol–water partition coefficient (Wildman–Crippen LogP) is 2.92. The molecule has 0 spiro atoms. The van der Waals surface area contributed by atoms with Crippen LogP contribution in [0, 0.1) is 0 Å². The van der Waals surface area contributed by atoms with Gasteiger partial charge in [-0.2, -0.15) is 5.10 Å². The van der Waals surface area contributed by atoms with Gasteiger partial charge in [0.05, 0.1) is 0 Å². The number of halogens is 1. The fourth-order valence-corrected chi connectivity index (χ4v) is 2.54. The van der Waals surface area contributed by atoms with Crippen LogP contribution < -0.4 is 10.5 Å². The van der Waals surface area contributed by atoms with Crippen molar-refractivity contribution in [3.8, 4) is 5.75 Å². The number of ether oxygens (including phenoxy) is 1. The van der Waals surface area contributed by atoms with Crippen molar-refractivity contribution in [1.29, 1.82) is 0 Å². The molecule has 0 radical (unpaired) electrons. The van der Waals surface area contributed by atoms with Crippen molar-refractivity contribution < 1.29 is 4.74 Å². The van der Waals surface area contributed by atoms with E-state index >= 15 is 0 Å². The summed E-state index contributed by atoms with van der Waals surface area (Å²) in [5.41, 5.74) is 7.00. The van der Waals surface area contributed by atoms with Crippen molar-refractivity contribution >= 4 is 15.9 Å².